The lowest BCUT2D eigenvalue weighted by Gasteiger charge is -2.29. The van der Waals surface area contributed by atoms with Gasteiger partial charge in [0.05, 0.1) is 19.3 Å². The lowest BCUT2D eigenvalue weighted by atomic mass is 10.1. The second-order valence-electron chi connectivity index (χ2n) is 8.63. The summed E-state index contributed by atoms with van der Waals surface area (Å²) in [5.74, 6) is 1.48. The zero-order chi connectivity index (χ0) is 22.8. The Bertz CT molecular complexity index is 1100. The number of likely N-dealkylation sites (tertiary alicyclic amines) is 1. The summed E-state index contributed by atoms with van der Waals surface area (Å²) in [6, 6.07) is 7.90. The zero-order valence-corrected chi connectivity index (χ0v) is 19.1. The molecule has 4 rings (SSSR count). The smallest absolute Gasteiger partial charge is 0.291 e. The van der Waals surface area contributed by atoms with Crippen LogP contribution < -0.4 is 15.8 Å². The Morgan fingerprint density at radius 1 is 1.22 bits per heavy atom. The molecule has 3 N–H and O–H groups in total. The number of hydrogen-bond donors (Lipinski definition) is 2. The summed E-state index contributed by atoms with van der Waals surface area (Å²) in [7, 11) is 1.65. The van der Waals surface area contributed by atoms with Crippen LogP contribution in [0.2, 0.25) is 0 Å². The lowest BCUT2D eigenvalue weighted by Crippen LogP contribution is -2.43. The highest BCUT2D eigenvalue weighted by Crippen LogP contribution is 2.25. The molecule has 1 saturated heterocycles. The minimum Gasteiger partial charge on any atom is -0.497 e. The molecule has 9 nitrogen and oxygen atoms in total. The first kappa shape index (κ1) is 22.0. The molecule has 32 heavy (non-hydrogen) atoms. The van der Waals surface area contributed by atoms with Crippen molar-refractivity contribution in [3.63, 3.8) is 0 Å². The molecular weight excluding hydrogens is 406 g/mol. The van der Waals surface area contributed by atoms with E-state index in [0.29, 0.717) is 24.7 Å². The monoisotopic (exact) mass is 437 g/mol. The van der Waals surface area contributed by atoms with Gasteiger partial charge in [0, 0.05) is 24.7 Å². The van der Waals surface area contributed by atoms with Crippen molar-refractivity contribution in [3.8, 4) is 5.75 Å². The number of carbonyl (C=O) groups is 1. The van der Waals surface area contributed by atoms with E-state index in [0.717, 1.165) is 29.7 Å². The Morgan fingerprint density at radius 2 is 1.97 bits per heavy atom. The van der Waals surface area contributed by atoms with Gasteiger partial charge in [0.25, 0.3) is 5.91 Å². The molecule has 0 aliphatic carbocycles. The Labute approximate surface area is 188 Å². The van der Waals surface area contributed by atoms with E-state index in [1.54, 1.807) is 22.7 Å². The maximum Gasteiger partial charge on any atom is 0.291 e. The van der Waals surface area contributed by atoms with E-state index in [2.05, 4.69) is 34.2 Å². The first-order chi connectivity index (χ1) is 15.4. The van der Waals surface area contributed by atoms with E-state index >= 15 is 0 Å². The molecule has 0 saturated carbocycles. The summed E-state index contributed by atoms with van der Waals surface area (Å²) in [6.45, 7) is 7.43. The predicted octanol–water partition coefficient (Wildman–Crippen LogP) is 2.99. The van der Waals surface area contributed by atoms with Gasteiger partial charge < -0.3 is 20.7 Å². The van der Waals surface area contributed by atoms with E-state index in [-0.39, 0.29) is 29.7 Å². The summed E-state index contributed by atoms with van der Waals surface area (Å²) in [5.41, 5.74) is 8.65. The lowest BCUT2D eigenvalue weighted by molar-refractivity contribution is 0.0702. The van der Waals surface area contributed by atoms with Crippen LogP contribution in [0.1, 0.15) is 67.3 Å². The summed E-state index contributed by atoms with van der Waals surface area (Å²) >= 11 is 0. The van der Waals surface area contributed by atoms with Crippen molar-refractivity contribution in [2.75, 3.05) is 25.5 Å². The van der Waals surface area contributed by atoms with Gasteiger partial charge in [-0.2, -0.15) is 14.6 Å². The number of aromatic nitrogens is 4. The third-order valence-electron chi connectivity index (χ3n) is 5.97. The molecule has 170 valence electrons. The first-order valence-corrected chi connectivity index (χ1v) is 11.1. The van der Waals surface area contributed by atoms with Crippen LogP contribution in [0.15, 0.2) is 30.5 Å². The van der Waals surface area contributed by atoms with Gasteiger partial charge in [-0.1, -0.05) is 26.0 Å². The number of rotatable bonds is 6. The summed E-state index contributed by atoms with van der Waals surface area (Å²) in [5, 5.41) is 7.92. The highest BCUT2D eigenvalue weighted by Gasteiger charge is 2.26. The van der Waals surface area contributed by atoms with Gasteiger partial charge in [0.2, 0.25) is 11.8 Å². The highest BCUT2D eigenvalue weighted by atomic mass is 16.5. The first-order valence-electron chi connectivity index (χ1n) is 11.1. The molecule has 2 aromatic heterocycles. The van der Waals surface area contributed by atoms with Crippen LogP contribution in [0.5, 0.6) is 5.75 Å². The van der Waals surface area contributed by atoms with Crippen LogP contribution in [-0.2, 0) is 0 Å². The second kappa shape index (κ2) is 9.12. The number of fused-ring (bicyclic) bond motifs is 1. The quantitative estimate of drug-likeness (QED) is 0.610. The molecule has 0 spiro atoms. The van der Waals surface area contributed by atoms with Gasteiger partial charge in [-0.25, -0.2) is 4.98 Å². The second-order valence-corrected chi connectivity index (χ2v) is 8.63. The number of nitrogens with zero attached hydrogens (tertiary/aromatic N) is 5. The minimum atomic E-state index is -0.174. The molecule has 3 aromatic rings. The number of nitrogens with one attached hydrogen (secondary N) is 1. The fourth-order valence-electron chi connectivity index (χ4n) is 3.92. The number of anilines is 1. The van der Waals surface area contributed by atoms with E-state index in [9.17, 15) is 4.79 Å². The molecule has 1 aromatic carbocycles. The van der Waals surface area contributed by atoms with Crippen molar-refractivity contribution in [1.82, 2.24) is 24.5 Å². The van der Waals surface area contributed by atoms with Crippen molar-refractivity contribution >= 4 is 17.5 Å². The molecule has 0 bridgehead atoms. The SMILES string of the molecule is COc1cccc([C@H](C)Nc2nc(C(=O)N3CCC(N)CC3)nc3c(C(C)C)cnn23)c1. The van der Waals surface area contributed by atoms with E-state index < -0.39 is 0 Å². The molecule has 1 aliphatic heterocycles. The van der Waals surface area contributed by atoms with Crippen LogP contribution in [-0.4, -0.2) is 56.6 Å². The summed E-state index contributed by atoms with van der Waals surface area (Å²) < 4.78 is 7.03. The van der Waals surface area contributed by atoms with E-state index in [1.165, 1.54) is 0 Å². The van der Waals surface area contributed by atoms with Crippen molar-refractivity contribution in [3.05, 3.63) is 47.4 Å². The molecule has 1 aliphatic rings. The average Bonchev–Trinajstić information content (AvgIpc) is 3.24. The Morgan fingerprint density at radius 3 is 2.66 bits per heavy atom. The van der Waals surface area contributed by atoms with Crippen molar-refractivity contribution < 1.29 is 9.53 Å². The van der Waals surface area contributed by atoms with Crippen LogP contribution in [0.4, 0.5) is 5.95 Å². The van der Waals surface area contributed by atoms with Gasteiger partial charge in [0.1, 0.15) is 5.75 Å². The third kappa shape index (κ3) is 4.38. The van der Waals surface area contributed by atoms with Crippen LogP contribution in [0.3, 0.4) is 0 Å². The van der Waals surface area contributed by atoms with Crippen molar-refractivity contribution in [2.24, 2.45) is 5.73 Å². The van der Waals surface area contributed by atoms with Crippen LogP contribution in [0.25, 0.3) is 5.65 Å². The number of ether oxygens (including phenoxy) is 1. The maximum atomic E-state index is 13.2. The van der Waals surface area contributed by atoms with Crippen LogP contribution >= 0.6 is 0 Å². The predicted molar refractivity (Wildman–Crippen MR) is 123 cm³/mol. The molecule has 3 heterocycles. The van der Waals surface area contributed by atoms with Gasteiger partial charge in [0.15, 0.2) is 5.65 Å². The summed E-state index contributed by atoms with van der Waals surface area (Å²) in [6.07, 6.45) is 3.37. The largest absolute Gasteiger partial charge is 0.497 e. The number of carbonyl (C=O) groups excluding carboxylic acids is 1. The molecular formula is C23H31N7O2. The molecule has 1 amide bonds. The molecule has 1 fully saturated rings. The van der Waals surface area contributed by atoms with Crippen molar-refractivity contribution in [1.29, 1.82) is 0 Å². The van der Waals surface area contributed by atoms with Crippen molar-refractivity contribution in [2.45, 2.75) is 51.6 Å². The average molecular weight is 438 g/mol. The Hall–Kier alpha value is -3.20. The Kier molecular flexibility index (Phi) is 6.27. The number of nitrogens with two attached hydrogens (primary N) is 1. The topological polar surface area (TPSA) is 111 Å². The third-order valence-corrected chi connectivity index (χ3v) is 5.97. The summed E-state index contributed by atoms with van der Waals surface area (Å²) in [4.78, 5) is 24.2. The molecule has 0 radical (unpaired) electrons. The number of hydrogen-bond acceptors (Lipinski definition) is 7. The highest BCUT2D eigenvalue weighted by molar-refractivity contribution is 5.91. The number of benzene rings is 1. The number of piperidine rings is 1. The molecule has 1 atom stereocenters. The fraction of sp³-hybridized carbons (Fsp3) is 0.478. The number of methoxy groups -OCH3 is 1. The fourth-order valence-corrected chi connectivity index (χ4v) is 3.92. The van der Waals surface area contributed by atoms with Crippen LogP contribution in [0, 0.1) is 0 Å². The normalized spacial score (nSPS) is 15.9. The number of amides is 1. The van der Waals surface area contributed by atoms with Gasteiger partial charge in [-0.15, -0.1) is 0 Å². The Balaban J connectivity index is 1.71. The maximum absolute atomic E-state index is 13.2. The standard InChI is InChI=1S/C23H31N7O2/c1-14(2)19-13-25-30-21(19)27-20(22(31)29-10-8-17(24)9-11-29)28-23(30)26-15(3)16-6-5-7-18(12-16)32-4/h5-7,12-15,17H,8-11,24H2,1-4H3,(H,26,27,28)/t15-/m0/s1. The zero-order valence-electron chi connectivity index (χ0n) is 19.1. The molecule has 0 unspecified atom stereocenters. The van der Waals surface area contributed by atoms with E-state index in [1.807, 2.05) is 31.2 Å². The van der Waals surface area contributed by atoms with Gasteiger partial charge in [-0.3, -0.25) is 4.79 Å². The van der Waals surface area contributed by atoms with Gasteiger partial charge in [-0.05, 0) is 43.4 Å². The minimum absolute atomic E-state index is 0.0918. The molecule has 9 heteroatoms. The van der Waals surface area contributed by atoms with E-state index in [4.69, 9.17) is 10.5 Å². The van der Waals surface area contributed by atoms with Gasteiger partial charge >= 0.3 is 0 Å².